The molecule has 4 aliphatic carbocycles. The zero-order valence-corrected chi connectivity index (χ0v) is 23.1. The predicted octanol–water partition coefficient (Wildman–Crippen LogP) is 9.12. The third-order valence-electron chi connectivity index (χ3n) is 9.49. The van der Waals surface area contributed by atoms with E-state index in [1.165, 1.54) is 58.1 Å². The molecule has 0 aromatic carbocycles. The van der Waals surface area contributed by atoms with Gasteiger partial charge in [-0.25, -0.2) is 0 Å². The molecule has 0 saturated heterocycles. The minimum Gasteiger partial charge on any atom is -0.465 e. The van der Waals surface area contributed by atoms with Crippen LogP contribution in [0, 0.1) is 37.5 Å². The van der Waals surface area contributed by atoms with Gasteiger partial charge < -0.3 is 8.83 Å². The standard InChI is InChI=1S/C30H38O2S2/c1-17-27(25-23(31-17)15-19-11-7-9-13-21(19)29(25,3)4)33-34-28-18(2)32-24-16-20-12-8-10-14-22(20)30(5,6)26(24)28/h7-8,11-12,19-22H,9-10,13-16H2,1-6H3/t19-,20-,21-,22-/m0/s1. The molecule has 2 aromatic rings. The highest BCUT2D eigenvalue weighted by atomic mass is 33.1. The van der Waals surface area contributed by atoms with E-state index < -0.39 is 0 Å². The van der Waals surface area contributed by atoms with Gasteiger partial charge in [-0.05, 0) is 95.6 Å². The van der Waals surface area contributed by atoms with Crippen molar-refractivity contribution in [3.63, 3.8) is 0 Å². The average molecular weight is 495 g/mol. The van der Waals surface area contributed by atoms with E-state index in [1.54, 1.807) is 0 Å². The second kappa shape index (κ2) is 8.13. The first-order valence-electron chi connectivity index (χ1n) is 13.1. The summed E-state index contributed by atoms with van der Waals surface area (Å²) in [6.07, 6.45) is 16.8. The van der Waals surface area contributed by atoms with Gasteiger partial charge in [-0.3, -0.25) is 0 Å². The van der Waals surface area contributed by atoms with Gasteiger partial charge in [0.2, 0.25) is 0 Å². The Balaban J connectivity index is 1.35. The molecule has 34 heavy (non-hydrogen) atoms. The summed E-state index contributed by atoms with van der Waals surface area (Å²) in [5, 5.41) is 0. The molecule has 0 amide bonds. The number of allylic oxidation sites excluding steroid dienone is 4. The Hall–Kier alpha value is -1.26. The third kappa shape index (κ3) is 3.38. The fourth-order valence-corrected chi connectivity index (χ4v) is 11.0. The van der Waals surface area contributed by atoms with Crippen LogP contribution in [0.4, 0.5) is 0 Å². The van der Waals surface area contributed by atoms with E-state index in [-0.39, 0.29) is 10.8 Å². The molecule has 0 radical (unpaired) electrons. The van der Waals surface area contributed by atoms with Gasteiger partial charge in [0, 0.05) is 24.0 Å². The maximum atomic E-state index is 6.45. The summed E-state index contributed by atoms with van der Waals surface area (Å²) in [6, 6.07) is 0. The number of rotatable bonds is 3. The van der Waals surface area contributed by atoms with Gasteiger partial charge in [0.1, 0.15) is 23.0 Å². The molecule has 0 bridgehead atoms. The Bertz CT molecular complexity index is 1080. The fourth-order valence-electron chi connectivity index (χ4n) is 7.85. The summed E-state index contributed by atoms with van der Waals surface area (Å²) < 4.78 is 12.9. The van der Waals surface area contributed by atoms with Crippen molar-refractivity contribution in [2.24, 2.45) is 23.7 Å². The summed E-state index contributed by atoms with van der Waals surface area (Å²) in [6.45, 7) is 14.1. The minimum atomic E-state index is 0.134. The third-order valence-corrected chi connectivity index (χ3v) is 12.1. The van der Waals surface area contributed by atoms with Crippen molar-refractivity contribution in [2.75, 3.05) is 0 Å². The van der Waals surface area contributed by atoms with Crippen LogP contribution in [0.3, 0.4) is 0 Å². The van der Waals surface area contributed by atoms with Gasteiger partial charge in [0.15, 0.2) is 0 Å². The molecular weight excluding hydrogens is 456 g/mol. The predicted molar refractivity (Wildman–Crippen MR) is 143 cm³/mol. The van der Waals surface area contributed by atoms with Crippen LogP contribution < -0.4 is 0 Å². The minimum absolute atomic E-state index is 0.134. The molecule has 4 atom stereocenters. The van der Waals surface area contributed by atoms with E-state index in [9.17, 15) is 0 Å². The van der Waals surface area contributed by atoms with E-state index in [4.69, 9.17) is 8.83 Å². The molecule has 2 aromatic heterocycles. The Morgan fingerprint density at radius 2 is 1.12 bits per heavy atom. The van der Waals surface area contributed by atoms with Crippen LogP contribution in [0.25, 0.3) is 0 Å². The lowest BCUT2D eigenvalue weighted by atomic mass is 9.60. The van der Waals surface area contributed by atoms with Crippen LogP contribution in [-0.4, -0.2) is 0 Å². The first-order valence-corrected chi connectivity index (χ1v) is 15.3. The first kappa shape index (κ1) is 23.2. The lowest BCUT2D eigenvalue weighted by Crippen LogP contribution is -2.40. The number of fused-ring (bicyclic) bond motifs is 4. The van der Waals surface area contributed by atoms with Crippen molar-refractivity contribution in [3.8, 4) is 0 Å². The lowest BCUT2D eigenvalue weighted by Gasteiger charge is -2.45. The summed E-state index contributed by atoms with van der Waals surface area (Å²) >= 11 is 0. The Kier molecular flexibility index (Phi) is 5.54. The molecule has 0 spiro atoms. The Morgan fingerprint density at radius 3 is 1.53 bits per heavy atom. The number of hydrogen-bond donors (Lipinski definition) is 0. The smallest absolute Gasteiger partial charge is 0.115 e. The van der Waals surface area contributed by atoms with E-state index >= 15 is 0 Å². The van der Waals surface area contributed by atoms with E-state index in [0.29, 0.717) is 23.7 Å². The number of aryl methyl sites for hydroxylation is 2. The van der Waals surface area contributed by atoms with Crippen molar-refractivity contribution >= 4 is 21.6 Å². The Labute approximate surface area is 212 Å². The molecule has 0 aliphatic heterocycles. The second-order valence-corrected chi connectivity index (χ2v) is 14.3. The largest absolute Gasteiger partial charge is 0.465 e. The highest BCUT2D eigenvalue weighted by molar-refractivity contribution is 8.76. The quantitative estimate of drug-likeness (QED) is 0.314. The second-order valence-electron chi connectivity index (χ2n) is 12.1. The molecule has 0 N–H and O–H groups in total. The van der Waals surface area contributed by atoms with E-state index in [0.717, 1.165) is 24.4 Å². The Morgan fingerprint density at radius 1 is 0.706 bits per heavy atom. The van der Waals surface area contributed by atoms with Crippen LogP contribution in [0.1, 0.15) is 87.5 Å². The van der Waals surface area contributed by atoms with Gasteiger partial charge in [0.25, 0.3) is 0 Å². The normalized spacial score (nSPS) is 30.4. The molecular formula is C30H38O2S2. The van der Waals surface area contributed by atoms with Crippen LogP contribution in [0.2, 0.25) is 0 Å². The van der Waals surface area contributed by atoms with Gasteiger partial charge in [-0.1, -0.05) is 52.0 Å². The van der Waals surface area contributed by atoms with Gasteiger partial charge in [-0.15, -0.1) is 0 Å². The van der Waals surface area contributed by atoms with Crippen molar-refractivity contribution < 1.29 is 8.83 Å². The van der Waals surface area contributed by atoms with Gasteiger partial charge in [-0.2, -0.15) is 0 Å². The summed E-state index contributed by atoms with van der Waals surface area (Å²) in [5.74, 6) is 7.26. The monoisotopic (exact) mass is 494 g/mol. The van der Waals surface area contributed by atoms with Crippen molar-refractivity contribution in [2.45, 2.75) is 101 Å². The molecule has 6 rings (SSSR count). The van der Waals surface area contributed by atoms with Gasteiger partial charge in [0.05, 0.1) is 9.79 Å². The molecule has 0 unspecified atom stereocenters. The van der Waals surface area contributed by atoms with Gasteiger partial charge >= 0.3 is 0 Å². The molecule has 0 saturated carbocycles. The van der Waals surface area contributed by atoms with Crippen LogP contribution in [-0.2, 0) is 23.7 Å². The van der Waals surface area contributed by atoms with Crippen LogP contribution in [0.5, 0.6) is 0 Å². The maximum absolute atomic E-state index is 6.45. The average Bonchev–Trinajstić information content (AvgIpc) is 3.28. The topological polar surface area (TPSA) is 26.3 Å². The zero-order chi connectivity index (χ0) is 23.8. The molecule has 2 heterocycles. The molecule has 0 fully saturated rings. The van der Waals surface area contributed by atoms with Crippen LogP contribution in [0.15, 0.2) is 42.9 Å². The number of furan rings is 2. The molecule has 4 heteroatoms. The molecule has 4 aliphatic rings. The summed E-state index contributed by atoms with van der Waals surface area (Å²) in [5.41, 5.74) is 3.22. The highest BCUT2D eigenvalue weighted by Gasteiger charge is 2.48. The van der Waals surface area contributed by atoms with E-state index in [2.05, 4.69) is 65.8 Å². The highest BCUT2D eigenvalue weighted by Crippen LogP contribution is 2.58. The number of hydrogen-bond acceptors (Lipinski definition) is 4. The van der Waals surface area contributed by atoms with Crippen molar-refractivity contribution in [1.82, 2.24) is 0 Å². The van der Waals surface area contributed by atoms with Crippen LogP contribution >= 0.6 is 21.6 Å². The lowest BCUT2D eigenvalue weighted by molar-refractivity contribution is 0.188. The maximum Gasteiger partial charge on any atom is 0.115 e. The summed E-state index contributed by atoms with van der Waals surface area (Å²) in [7, 11) is 3.83. The molecule has 2 nitrogen and oxygen atoms in total. The van der Waals surface area contributed by atoms with E-state index in [1.807, 2.05) is 21.6 Å². The first-order chi connectivity index (χ1) is 16.2. The van der Waals surface area contributed by atoms with Crippen molar-refractivity contribution in [3.05, 3.63) is 58.5 Å². The van der Waals surface area contributed by atoms with Crippen molar-refractivity contribution in [1.29, 1.82) is 0 Å². The fraction of sp³-hybridized carbons (Fsp3) is 0.600. The SMILES string of the molecule is Cc1oc2c(c1SSc1c(C)oc3c1C(C)(C)[C@H]1CCC=C[C@H]1C3)C(C)(C)[C@H]1CCC=C[C@H]1C2. The molecule has 182 valence electrons. The summed E-state index contributed by atoms with van der Waals surface area (Å²) in [4.78, 5) is 2.72. The zero-order valence-electron chi connectivity index (χ0n) is 21.5.